The summed E-state index contributed by atoms with van der Waals surface area (Å²) in [6.07, 6.45) is 0.972. The molecule has 0 atom stereocenters. The highest BCUT2D eigenvalue weighted by Gasteiger charge is 2.13. The molecule has 0 aromatic heterocycles. The summed E-state index contributed by atoms with van der Waals surface area (Å²) in [5.41, 5.74) is 4.22. The van der Waals surface area contributed by atoms with Crippen LogP contribution in [0.15, 0.2) is 41.4 Å². The molecule has 4 heteroatoms. The molecule has 1 nitrogen and oxygen atoms in total. The van der Waals surface area contributed by atoms with Crippen LogP contribution in [0.4, 0.5) is 10.1 Å². The Hall–Kier alpha value is -1.32. The van der Waals surface area contributed by atoms with Crippen LogP contribution in [0.25, 0.3) is 11.1 Å². The maximum Gasteiger partial charge on any atom is 0.141 e. The van der Waals surface area contributed by atoms with E-state index in [9.17, 15) is 4.39 Å². The van der Waals surface area contributed by atoms with Gasteiger partial charge in [-0.2, -0.15) is 0 Å². The highest BCUT2D eigenvalue weighted by molar-refractivity contribution is 8.13. The number of fused-ring (bicyclic) bond motifs is 1. The molecule has 20 heavy (non-hydrogen) atoms. The Balaban J connectivity index is 2.01. The molecule has 0 amide bonds. The van der Waals surface area contributed by atoms with Crippen molar-refractivity contribution >= 4 is 34.1 Å². The van der Waals surface area contributed by atoms with Crippen molar-refractivity contribution < 1.29 is 4.39 Å². The third-order valence-electron chi connectivity index (χ3n) is 3.27. The van der Waals surface area contributed by atoms with Gasteiger partial charge < -0.3 is 0 Å². The molecule has 2 aromatic carbocycles. The first-order chi connectivity index (χ1) is 9.67. The fourth-order valence-corrected chi connectivity index (χ4v) is 3.28. The average molecular weight is 306 g/mol. The predicted molar refractivity (Wildman–Crippen MR) is 85.5 cm³/mol. The normalized spacial score (nSPS) is 13.8. The number of aliphatic imine (C=N–C) groups is 1. The van der Waals surface area contributed by atoms with E-state index in [0.29, 0.717) is 0 Å². The van der Waals surface area contributed by atoms with Crippen LogP contribution in [0.2, 0.25) is 5.02 Å². The minimum Gasteiger partial charge on any atom is -0.246 e. The first kappa shape index (κ1) is 13.7. The summed E-state index contributed by atoms with van der Waals surface area (Å²) in [5.74, 6) is 0.547. The molecule has 0 N–H and O–H groups in total. The maximum atomic E-state index is 13.2. The van der Waals surface area contributed by atoms with Gasteiger partial charge in [0.1, 0.15) is 5.82 Å². The topological polar surface area (TPSA) is 12.4 Å². The predicted octanol–water partition coefficient (Wildman–Crippen LogP) is 5.83. The van der Waals surface area contributed by atoms with Gasteiger partial charge in [-0.3, -0.25) is 0 Å². The van der Waals surface area contributed by atoms with E-state index in [1.807, 2.05) is 12.1 Å². The Bertz CT molecular complexity index is 697. The zero-order valence-electron chi connectivity index (χ0n) is 11.0. The Morgan fingerprint density at radius 3 is 2.70 bits per heavy atom. The minimum absolute atomic E-state index is 0.154. The fourth-order valence-electron chi connectivity index (χ4n) is 2.17. The number of benzene rings is 2. The summed E-state index contributed by atoms with van der Waals surface area (Å²) >= 11 is 7.62. The molecule has 2 aromatic rings. The second kappa shape index (κ2) is 5.58. The lowest BCUT2D eigenvalue weighted by Crippen LogP contribution is -1.98. The van der Waals surface area contributed by atoms with Gasteiger partial charge in [0.2, 0.25) is 0 Å². The van der Waals surface area contributed by atoms with Crippen molar-refractivity contribution in [2.45, 2.75) is 19.1 Å². The molecule has 102 valence electrons. The van der Waals surface area contributed by atoms with Gasteiger partial charge in [-0.05, 0) is 47.4 Å². The monoisotopic (exact) mass is 305 g/mol. The average Bonchev–Trinajstić information content (AvgIpc) is 2.49. The third kappa shape index (κ3) is 2.60. The van der Waals surface area contributed by atoms with Gasteiger partial charge in [0.05, 0.1) is 15.8 Å². The largest absolute Gasteiger partial charge is 0.246 e. The quantitative estimate of drug-likeness (QED) is 0.679. The van der Waals surface area contributed by atoms with Gasteiger partial charge in [-0.1, -0.05) is 30.7 Å². The third-order valence-corrected chi connectivity index (χ3v) is 4.73. The second-order valence-corrected chi connectivity index (χ2v) is 6.08. The van der Waals surface area contributed by atoms with Crippen molar-refractivity contribution in [3.05, 3.63) is 52.8 Å². The lowest BCUT2D eigenvalue weighted by molar-refractivity contribution is 0.628. The Morgan fingerprint density at radius 1 is 1.20 bits per heavy atom. The van der Waals surface area contributed by atoms with Crippen LogP contribution in [0, 0.1) is 5.82 Å². The molecule has 0 radical (unpaired) electrons. The van der Waals surface area contributed by atoms with Crippen molar-refractivity contribution in [3.63, 3.8) is 0 Å². The van der Waals surface area contributed by atoms with Crippen molar-refractivity contribution in [1.82, 2.24) is 0 Å². The van der Waals surface area contributed by atoms with E-state index in [-0.39, 0.29) is 10.8 Å². The van der Waals surface area contributed by atoms with Crippen molar-refractivity contribution in [1.29, 1.82) is 0 Å². The van der Waals surface area contributed by atoms with E-state index in [1.54, 1.807) is 23.9 Å². The van der Waals surface area contributed by atoms with Crippen LogP contribution < -0.4 is 0 Å². The van der Waals surface area contributed by atoms with Crippen LogP contribution in [-0.4, -0.2) is 5.04 Å². The zero-order chi connectivity index (χ0) is 14.1. The summed E-state index contributed by atoms with van der Waals surface area (Å²) in [5, 5.41) is 1.33. The number of hydrogen-bond acceptors (Lipinski definition) is 2. The number of thioether (sulfide) groups is 1. The molecule has 1 aliphatic rings. The minimum atomic E-state index is -0.388. The summed E-state index contributed by atoms with van der Waals surface area (Å²) in [7, 11) is 0. The van der Waals surface area contributed by atoms with Crippen LogP contribution in [-0.2, 0) is 5.75 Å². The molecule has 0 unspecified atom stereocenters. The molecule has 3 rings (SSSR count). The molecule has 0 aliphatic carbocycles. The summed E-state index contributed by atoms with van der Waals surface area (Å²) < 4.78 is 13.2. The molecule has 1 aliphatic heterocycles. The van der Waals surface area contributed by atoms with Crippen LogP contribution in [0.1, 0.15) is 18.9 Å². The van der Waals surface area contributed by atoms with E-state index in [1.165, 1.54) is 16.7 Å². The lowest BCUT2D eigenvalue weighted by Gasteiger charge is -2.15. The molecule has 0 fully saturated rings. The van der Waals surface area contributed by atoms with Crippen molar-refractivity contribution in [3.8, 4) is 11.1 Å². The van der Waals surface area contributed by atoms with E-state index in [0.717, 1.165) is 29.0 Å². The maximum absolute atomic E-state index is 13.2. The van der Waals surface area contributed by atoms with Crippen LogP contribution >= 0.6 is 23.4 Å². The van der Waals surface area contributed by atoms with E-state index in [2.05, 4.69) is 18.0 Å². The zero-order valence-corrected chi connectivity index (χ0v) is 12.6. The number of hydrogen-bond donors (Lipinski definition) is 0. The Labute approximate surface area is 126 Å². The van der Waals surface area contributed by atoms with E-state index >= 15 is 0 Å². The molecule has 1 heterocycles. The summed E-state index contributed by atoms with van der Waals surface area (Å²) in [6, 6.07) is 11.0. The number of rotatable bonds is 2. The van der Waals surface area contributed by atoms with Gasteiger partial charge in [0.15, 0.2) is 0 Å². The number of halogens is 2. The Kier molecular flexibility index (Phi) is 3.81. The van der Waals surface area contributed by atoms with Gasteiger partial charge in [0.25, 0.3) is 0 Å². The summed E-state index contributed by atoms with van der Waals surface area (Å²) in [4.78, 5) is 4.62. The second-order valence-electron chi connectivity index (χ2n) is 4.62. The first-order valence-electron chi connectivity index (χ1n) is 6.46. The highest BCUT2D eigenvalue weighted by atomic mass is 35.5. The molecular formula is C16H13ClFNS. The van der Waals surface area contributed by atoms with Crippen molar-refractivity contribution in [2.75, 3.05) is 0 Å². The molecule has 0 saturated carbocycles. The van der Waals surface area contributed by atoms with E-state index < -0.39 is 0 Å². The van der Waals surface area contributed by atoms with Gasteiger partial charge in [0, 0.05) is 5.75 Å². The Morgan fingerprint density at radius 2 is 1.95 bits per heavy atom. The first-order valence-corrected chi connectivity index (χ1v) is 7.82. The van der Waals surface area contributed by atoms with Crippen LogP contribution in [0.5, 0.6) is 0 Å². The molecule has 0 spiro atoms. The van der Waals surface area contributed by atoms with Crippen LogP contribution in [0.3, 0.4) is 0 Å². The lowest BCUT2D eigenvalue weighted by atomic mass is 10.0. The fraction of sp³-hybridized carbons (Fsp3) is 0.188. The van der Waals surface area contributed by atoms with E-state index in [4.69, 9.17) is 11.6 Å². The molecule has 0 saturated heterocycles. The SMILES string of the molecule is CCC1=Nc2ccc(-c3ccc(F)c(Cl)c3)cc2CS1. The number of nitrogens with zero attached hydrogens (tertiary/aromatic N) is 1. The summed E-state index contributed by atoms with van der Waals surface area (Å²) in [6.45, 7) is 2.12. The standard InChI is InChI=1S/C16H13ClFNS/c1-2-16-19-15-6-4-10(7-12(15)9-20-16)11-3-5-14(18)13(17)8-11/h3-8H,2,9H2,1H3. The van der Waals surface area contributed by atoms with Crippen molar-refractivity contribution in [2.24, 2.45) is 4.99 Å². The molecule has 0 bridgehead atoms. The smallest absolute Gasteiger partial charge is 0.141 e. The van der Waals surface area contributed by atoms with Gasteiger partial charge in [-0.25, -0.2) is 9.38 Å². The van der Waals surface area contributed by atoms with Gasteiger partial charge in [-0.15, -0.1) is 11.8 Å². The van der Waals surface area contributed by atoms with Gasteiger partial charge >= 0.3 is 0 Å². The molecular weight excluding hydrogens is 293 g/mol. The highest BCUT2D eigenvalue weighted by Crippen LogP contribution is 2.35.